The number of nitrogens with zero attached hydrogens (tertiary/aromatic N) is 4. The summed E-state index contributed by atoms with van der Waals surface area (Å²) in [6, 6.07) is 11.5. The van der Waals surface area contributed by atoms with Crippen molar-refractivity contribution in [2.75, 3.05) is 11.1 Å². The van der Waals surface area contributed by atoms with Gasteiger partial charge in [-0.25, -0.2) is 9.97 Å². The van der Waals surface area contributed by atoms with Crippen molar-refractivity contribution in [1.29, 1.82) is 0 Å². The fourth-order valence-electron chi connectivity index (χ4n) is 2.65. The first kappa shape index (κ1) is 23.0. The molecule has 4 rings (SSSR count). The SMILES string of the molecule is Nc1nnc(-c2cc(NC(=O)c3ccc(Cl)cc3)ccc2Sc2cnc(C(F)(F)F)nc2)s1. The molecular weight excluding hydrogens is 497 g/mol. The van der Waals surface area contributed by atoms with E-state index in [1.165, 1.54) is 0 Å². The van der Waals surface area contributed by atoms with Gasteiger partial charge in [0.05, 0.1) is 0 Å². The lowest BCUT2D eigenvalue weighted by atomic mass is 10.1. The van der Waals surface area contributed by atoms with E-state index in [9.17, 15) is 18.0 Å². The van der Waals surface area contributed by atoms with E-state index in [4.69, 9.17) is 17.3 Å². The second kappa shape index (κ2) is 9.33. The molecule has 0 aliphatic rings. The second-order valence-corrected chi connectivity index (χ2v) is 9.02. The van der Waals surface area contributed by atoms with Crippen LogP contribution in [0.25, 0.3) is 10.6 Å². The summed E-state index contributed by atoms with van der Waals surface area (Å²) in [5.41, 5.74) is 7.20. The van der Waals surface area contributed by atoms with Crippen LogP contribution in [0.15, 0.2) is 64.6 Å². The number of nitrogen functional groups attached to an aromatic ring is 1. The number of halogens is 4. The first-order valence-electron chi connectivity index (χ1n) is 9.06. The highest BCUT2D eigenvalue weighted by Gasteiger charge is 2.34. The Balaban J connectivity index is 1.63. The number of carbonyl (C=O) groups excluding carboxylic acids is 1. The molecule has 0 aliphatic carbocycles. The molecule has 1 amide bonds. The van der Waals surface area contributed by atoms with E-state index in [2.05, 4.69) is 25.5 Å². The van der Waals surface area contributed by atoms with Crippen molar-refractivity contribution >= 4 is 51.4 Å². The maximum atomic E-state index is 12.7. The summed E-state index contributed by atoms with van der Waals surface area (Å²) in [7, 11) is 0. The van der Waals surface area contributed by atoms with E-state index >= 15 is 0 Å². The summed E-state index contributed by atoms with van der Waals surface area (Å²) in [6.07, 6.45) is -2.44. The van der Waals surface area contributed by atoms with Gasteiger partial charge in [0.1, 0.15) is 0 Å². The van der Waals surface area contributed by atoms with E-state index < -0.39 is 12.0 Å². The van der Waals surface area contributed by atoms with Crippen molar-refractivity contribution in [2.45, 2.75) is 16.0 Å². The zero-order valence-corrected chi connectivity index (χ0v) is 18.7. The van der Waals surface area contributed by atoms with Crippen LogP contribution < -0.4 is 11.1 Å². The van der Waals surface area contributed by atoms with Gasteiger partial charge >= 0.3 is 6.18 Å². The van der Waals surface area contributed by atoms with Crippen LogP contribution in [0.5, 0.6) is 0 Å². The lowest BCUT2D eigenvalue weighted by Crippen LogP contribution is -2.11. The molecule has 0 saturated carbocycles. The summed E-state index contributed by atoms with van der Waals surface area (Å²) in [5, 5.41) is 11.9. The number of alkyl halides is 3. The minimum Gasteiger partial charge on any atom is -0.374 e. The Kier molecular flexibility index (Phi) is 6.49. The van der Waals surface area contributed by atoms with Crippen LogP contribution in [0, 0.1) is 0 Å². The van der Waals surface area contributed by atoms with E-state index in [-0.39, 0.29) is 11.0 Å². The maximum Gasteiger partial charge on any atom is 0.451 e. The second-order valence-electron chi connectivity index (χ2n) is 6.46. The molecule has 168 valence electrons. The van der Waals surface area contributed by atoms with Crippen molar-refractivity contribution in [3.05, 3.63) is 71.3 Å². The van der Waals surface area contributed by atoms with Crippen molar-refractivity contribution in [2.24, 2.45) is 0 Å². The van der Waals surface area contributed by atoms with E-state index in [1.807, 2.05) is 0 Å². The minimum absolute atomic E-state index is 0.245. The van der Waals surface area contributed by atoms with Crippen LogP contribution in [0.1, 0.15) is 16.2 Å². The number of benzene rings is 2. The van der Waals surface area contributed by atoms with Gasteiger partial charge in [-0.15, -0.1) is 10.2 Å². The third-order valence-electron chi connectivity index (χ3n) is 4.12. The van der Waals surface area contributed by atoms with Crippen LogP contribution in [0.4, 0.5) is 24.0 Å². The monoisotopic (exact) mass is 508 g/mol. The molecule has 0 aliphatic heterocycles. The van der Waals surface area contributed by atoms with Gasteiger partial charge in [-0.2, -0.15) is 13.2 Å². The molecule has 7 nitrogen and oxygen atoms in total. The summed E-state index contributed by atoms with van der Waals surface area (Å²) >= 11 is 8.13. The fraction of sp³-hybridized carbons (Fsp3) is 0.0500. The highest BCUT2D eigenvalue weighted by Crippen LogP contribution is 2.39. The Morgan fingerprint density at radius 1 is 1.06 bits per heavy atom. The molecule has 2 aromatic heterocycles. The highest BCUT2D eigenvalue weighted by molar-refractivity contribution is 7.99. The zero-order valence-electron chi connectivity index (χ0n) is 16.3. The van der Waals surface area contributed by atoms with Gasteiger partial charge in [-0.3, -0.25) is 4.79 Å². The largest absolute Gasteiger partial charge is 0.451 e. The van der Waals surface area contributed by atoms with E-state index in [0.717, 1.165) is 35.5 Å². The van der Waals surface area contributed by atoms with Crippen molar-refractivity contribution < 1.29 is 18.0 Å². The van der Waals surface area contributed by atoms with Gasteiger partial charge in [0.2, 0.25) is 11.0 Å². The molecule has 0 radical (unpaired) electrons. The van der Waals surface area contributed by atoms with Crippen LogP contribution >= 0.6 is 34.7 Å². The molecule has 13 heteroatoms. The summed E-state index contributed by atoms with van der Waals surface area (Å²) in [4.78, 5) is 20.3. The highest BCUT2D eigenvalue weighted by atomic mass is 35.5. The first-order valence-corrected chi connectivity index (χ1v) is 11.1. The predicted molar refractivity (Wildman–Crippen MR) is 120 cm³/mol. The molecule has 33 heavy (non-hydrogen) atoms. The molecular formula is C20H12ClF3N6OS2. The Morgan fingerprint density at radius 2 is 1.76 bits per heavy atom. The van der Waals surface area contributed by atoms with Crippen molar-refractivity contribution in [3.63, 3.8) is 0 Å². The molecule has 2 heterocycles. The van der Waals surface area contributed by atoms with Gasteiger partial charge in [-0.1, -0.05) is 34.7 Å². The van der Waals surface area contributed by atoms with Gasteiger partial charge in [0.15, 0.2) is 5.01 Å². The average Bonchev–Trinajstić information content (AvgIpc) is 3.21. The van der Waals surface area contributed by atoms with E-state index in [0.29, 0.717) is 36.6 Å². The number of anilines is 2. The minimum atomic E-state index is -4.62. The summed E-state index contributed by atoms with van der Waals surface area (Å²) in [5.74, 6) is -1.56. The van der Waals surface area contributed by atoms with Crippen molar-refractivity contribution in [1.82, 2.24) is 20.2 Å². The third kappa shape index (κ3) is 5.59. The number of rotatable bonds is 5. The van der Waals surface area contributed by atoms with Gasteiger partial charge < -0.3 is 11.1 Å². The van der Waals surface area contributed by atoms with Gasteiger partial charge in [0.25, 0.3) is 5.91 Å². The quantitative estimate of drug-likeness (QED) is 0.358. The number of aromatic nitrogens is 4. The number of carbonyl (C=O) groups is 1. The fourth-order valence-corrected chi connectivity index (χ4v) is 4.35. The number of hydrogen-bond donors (Lipinski definition) is 2. The molecule has 4 aromatic rings. The Hall–Kier alpha value is -3.22. The number of nitrogens with two attached hydrogens (primary N) is 1. The normalized spacial score (nSPS) is 11.4. The van der Waals surface area contributed by atoms with Crippen LogP contribution in [0.2, 0.25) is 5.02 Å². The zero-order chi connectivity index (χ0) is 23.6. The summed E-state index contributed by atoms with van der Waals surface area (Å²) < 4.78 is 38.2. The molecule has 0 fully saturated rings. The van der Waals surface area contributed by atoms with Gasteiger partial charge in [-0.05, 0) is 42.5 Å². The molecule has 0 spiro atoms. The third-order valence-corrected chi connectivity index (χ3v) is 6.18. The lowest BCUT2D eigenvalue weighted by Gasteiger charge is -2.11. The molecule has 3 N–H and O–H groups in total. The summed E-state index contributed by atoms with van der Waals surface area (Å²) in [6.45, 7) is 0. The van der Waals surface area contributed by atoms with Crippen LogP contribution in [0.3, 0.4) is 0 Å². The smallest absolute Gasteiger partial charge is 0.374 e. The number of amides is 1. The molecule has 0 unspecified atom stereocenters. The topological polar surface area (TPSA) is 107 Å². The van der Waals surface area contributed by atoms with Gasteiger partial charge in [0, 0.05) is 44.0 Å². The standard InChI is InChI=1S/C20H12ClF3N6OS2/c21-11-3-1-10(2-4-11)16(31)28-12-5-6-15(14(7-12)17-29-30-19(25)33-17)32-13-8-26-18(27-9-13)20(22,23)24/h1-9H,(H2,25,30)(H,28,31). The Morgan fingerprint density at radius 3 is 2.36 bits per heavy atom. The predicted octanol–water partition coefficient (Wildman–Crippen LogP) is 5.65. The molecule has 0 saturated heterocycles. The molecule has 0 atom stereocenters. The Bertz CT molecular complexity index is 1300. The maximum absolute atomic E-state index is 12.7. The van der Waals surface area contributed by atoms with E-state index in [1.54, 1.807) is 42.5 Å². The molecule has 2 aromatic carbocycles. The molecule has 0 bridgehead atoms. The van der Waals surface area contributed by atoms with Crippen molar-refractivity contribution in [3.8, 4) is 10.6 Å². The first-order chi connectivity index (χ1) is 15.7. The lowest BCUT2D eigenvalue weighted by molar-refractivity contribution is -0.145. The Labute approximate surface area is 198 Å². The van der Waals surface area contributed by atoms with Crippen LogP contribution in [-0.2, 0) is 6.18 Å². The number of nitrogens with one attached hydrogen (secondary N) is 1. The average molecular weight is 509 g/mol. The number of hydrogen-bond acceptors (Lipinski definition) is 8. The van der Waals surface area contributed by atoms with Crippen LogP contribution in [-0.4, -0.2) is 26.1 Å².